The number of hydrogen-bond donors (Lipinski definition) is 0. The van der Waals surface area contributed by atoms with Crippen molar-refractivity contribution in [1.29, 1.82) is 0 Å². The lowest BCUT2D eigenvalue weighted by Crippen LogP contribution is -2.08. The van der Waals surface area contributed by atoms with E-state index in [1.165, 1.54) is 16.3 Å². The van der Waals surface area contributed by atoms with Gasteiger partial charge >= 0.3 is 0 Å². The van der Waals surface area contributed by atoms with Gasteiger partial charge in [-0.15, -0.1) is 11.3 Å². The summed E-state index contributed by atoms with van der Waals surface area (Å²) in [5.74, 6) is 0.873. The Labute approximate surface area is 93.7 Å². The number of fused-ring (bicyclic) bond motifs is 1. The van der Waals surface area contributed by atoms with Gasteiger partial charge in [-0.1, -0.05) is 13.8 Å². The van der Waals surface area contributed by atoms with Crippen LogP contribution in [0.25, 0.3) is 0 Å². The Bertz CT molecular complexity index is 433. The molecular formula is C12H15NOS. The molecular weight excluding hydrogens is 206 g/mol. The highest BCUT2D eigenvalue weighted by Crippen LogP contribution is 2.59. The van der Waals surface area contributed by atoms with Gasteiger partial charge in [0, 0.05) is 17.2 Å². The van der Waals surface area contributed by atoms with E-state index in [0.29, 0.717) is 17.8 Å². The van der Waals surface area contributed by atoms with Crippen LogP contribution in [-0.2, 0) is 6.42 Å². The van der Waals surface area contributed by atoms with Crippen molar-refractivity contribution in [3.05, 3.63) is 15.6 Å². The molecule has 0 amide bonds. The first kappa shape index (κ1) is 9.52. The van der Waals surface area contributed by atoms with Crippen molar-refractivity contribution in [2.75, 3.05) is 0 Å². The summed E-state index contributed by atoms with van der Waals surface area (Å²) >= 11 is 1.78. The van der Waals surface area contributed by atoms with Crippen LogP contribution in [0.1, 0.15) is 59.4 Å². The Balaban J connectivity index is 1.96. The average molecular weight is 221 g/mol. The van der Waals surface area contributed by atoms with Gasteiger partial charge in [-0.05, 0) is 24.7 Å². The van der Waals surface area contributed by atoms with Crippen molar-refractivity contribution >= 4 is 17.1 Å². The van der Waals surface area contributed by atoms with Crippen LogP contribution >= 0.6 is 11.3 Å². The van der Waals surface area contributed by atoms with Crippen LogP contribution < -0.4 is 0 Å². The highest BCUT2D eigenvalue weighted by molar-refractivity contribution is 7.12. The van der Waals surface area contributed by atoms with Crippen molar-refractivity contribution in [1.82, 2.24) is 4.98 Å². The van der Waals surface area contributed by atoms with Gasteiger partial charge in [0.05, 0.1) is 5.01 Å². The molecule has 0 N–H and O–H groups in total. The molecule has 1 heterocycles. The number of carbonyl (C=O) groups excluding carboxylic acids is 1. The summed E-state index contributed by atoms with van der Waals surface area (Å²) in [5.41, 5.74) is 1.22. The zero-order valence-corrected chi connectivity index (χ0v) is 9.99. The van der Waals surface area contributed by atoms with E-state index in [2.05, 4.69) is 18.8 Å². The van der Waals surface area contributed by atoms with Crippen molar-refractivity contribution in [2.45, 2.75) is 45.4 Å². The molecule has 1 saturated carbocycles. The summed E-state index contributed by atoms with van der Waals surface area (Å²) < 4.78 is 0. The number of thiazole rings is 1. The third-order valence-electron chi connectivity index (χ3n) is 3.60. The van der Waals surface area contributed by atoms with E-state index < -0.39 is 0 Å². The van der Waals surface area contributed by atoms with Gasteiger partial charge in [0.1, 0.15) is 5.69 Å². The minimum Gasteiger partial charge on any atom is -0.292 e. The predicted molar refractivity (Wildman–Crippen MR) is 60.5 cm³/mol. The molecule has 0 aliphatic heterocycles. The first-order chi connectivity index (χ1) is 7.08. The standard InChI is InChI=1S/C12H15NOS/c1-12(2)6-7(12)11-13-10-8(14)4-3-5-9(10)15-11/h7H,3-6H2,1-2H3. The molecule has 1 atom stereocenters. The Morgan fingerprint density at radius 3 is 2.73 bits per heavy atom. The minimum absolute atomic E-state index is 0.261. The number of rotatable bonds is 1. The van der Waals surface area contributed by atoms with E-state index >= 15 is 0 Å². The Hall–Kier alpha value is -0.700. The van der Waals surface area contributed by atoms with Crippen molar-refractivity contribution in [3.63, 3.8) is 0 Å². The SMILES string of the molecule is CC1(C)CC1c1nc2c(s1)CCCC2=O. The quantitative estimate of drug-likeness (QED) is 0.729. The van der Waals surface area contributed by atoms with Crippen LogP contribution in [0, 0.1) is 5.41 Å². The molecule has 1 unspecified atom stereocenters. The Morgan fingerprint density at radius 2 is 2.13 bits per heavy atom. The highest BCUT2D eigenvalue weighted by Gasteiger charge is 2.48. The second-order valence-electron chi connectivity index (χ2n) is 5.35. The predicted octanol–water partition coefficient (Wildman–Crippen LogP) is 3.18. The summed E-state index contributed by atoms with van der Waals surface area (Å²) in [4.78, 5) is 17.4. The molecule has 3 heteroatoms. The van der Waals surface area contributed by atoms with E-state index in [-0.39, 0.29) is 5.78 Å². The number of aromatic nitrogens is 1. The molecule has 0 saturated heterocycles. The normalized spacial score (nSPS) is 27.6. The molecule has 2 aliphatic rings. The maximum Gasteiger partial charge on any atom is 0.182 e. The van der Waals surface area contributed by atoms with Crippen molar-refractivity contribution in [2.24, 2.45) is 5.41 Å². The molecule has 3 rings (SSSR count). The first-order valence-corrected chi connectivity index (χ1v) is 6.42. The number of hydrogen-bond acceptors (Lipinski definition) is 3. The fraction of sp³-hybridized carbons (Fsp3) is 0.667. The molecule has 0 radical (unpaired) electrons. The van der Waals surface area contributed by atoms with E-state index in [1.54, 1.807) is 11.3 Å². The van der Waals surface area contributed by atoms with Gasteiger partial charge < -0.3 is 0 Å². The number of ketones is 1. The fourth-order valence-corrected chi connectivity index (χ4v) is 3.76. The molecule has 1 aromatic heterocycles. The Morgan fingerprint density at radius 1 is 1.40 bits per heavy atom. The van der Waals surface area contributed by atoms with Gasteiger partial charge in [0.2, 0.25) is 0 Å². The van der Waals surface area contributed by atoms with Crippen molar-refractivity contribution in [3.8, 4) is 0 Å². The molecule has 2 aliphatic carbocycles. The van der Waals surface area contributed by atoms with Gasteiger partial charge in [0.15, 0.2) is 5.78 Å². The molecule has 2 nitrogen and oxygen atoms in total. The van der Waals surface area contributed by atoms with Crippen molar-refractivity contribution < 1.29 is 4.79 Å². The monoisotopic (exact) mass is 221 g/mol. The van der Waals surface area contributed by atoms with E-state index in [1.807, 2.05) is 0 Å². The number of carbonyl (C=O) groups is 1. The van der Waals surface area contributed by atoms with Crippen LogP contribution in [0.5, 0.6) is 0 Å². The lowest BCUT2D eigenvalue weighted by Gasteiger charge is -2.06. The van der Waals surface area contributed by atoms with E-state index in [0.717, 1.165) is 18.5 Å². The van der Waals surface area contributed by atoms with Crippen LogP contribution in [0.4, 0.5) is 0 Å². The summed E-state index contributed by atoms with van der Waals surface area (Å²) in [6, 6.07) is 0. The number of Topliss-reactive ketones (excluding diaryl/α,β-unsaturated/α-hetero) is 1. The topological polar surface area (TPSA) is 30.0 Å². The third-order valence-corrected chi connectivity index (χ3v) is 4.83. The lowest BCUT2D eigenvalue weighted by atomic mass is 10.0. The molecule has 80 valence electrons. The smallest absolute Gasteiger partial charge is 0.182 e. The average Bonchev–Trinajstić information content (AvgIpc) is 2.62. The zero-order valence-electron chi connectivity index (χ0n) is 9.17. The Kier molecular flexibility index (Phi) is 1.85. The maximum absolute atomic E-state index is 11.6. The molecule has 0 bridgehead atoms. The van der Waals surface area contributed by atoms with Gasteiger partial charge in [-0.25, -0.2) is 4.98 Å². The zero-order chi connectivity index (χ0) is 10.6. The van der Waals surface area contributed by atoms with Gasteiger partial charge in [-0.2, -0.15) is 0 Å². The van der Waals surface area contributed by atoms with Crippen LogP contribution in [-0.4, -0.2) is 10.8 Å². The molecule has 15 heavy (non-hydrogen) atoms. The summed E-state index contributed by atoms with van der Waals surface area (Å²) in [5, 5.41) is 1.21. The highest BCUT2D eigenvalue weighted by atomic mass is 32.1. The lowest BCUT2D eigenvalue weighted by molar-refractivity contribution is 0.0968. The number of nitrogens with zero attached hydrogens (tertiary/aromatic N) is 1. The van der Waals surface area contributed by atoms with E-state index in [4.69, 9.17) is 0 Å². The summed E-state index contributed by atoms with van der Waals surface area (Å²) in [6.07, 6.45) is 4.01. The molecule has 1 fully saturated rings. The van der Waals surface area contributed by atoms with Crippen LogP contribution in [0.2, 0.25) is 0 Å². The molecule has 0 aromatic carbocycles. The summed E-state index contributed by atoms with van der Waals surface area (Å²) in [6.45, 7) is 4.56. The van der Waals surface area contributed by atoms with Gasteiger partial charge in [-0.3, -0.25) is 4.79 Å². The number of aryl methyl sites for hydroxylation is 1. The van der Waals surface area contributed by atoms with Crippen LogP contribution in [0.3, 0.4) is 0 Å². The van der Waals surface area contributed by atoms with E-state index in [9.17, 15) is 4.79 Å². The third kappa shape index (κ3) is 1.44. The maximum atomic E-state index is 11.6. The largest absolute Gasteiger partial charge is 0.292 e. The first-order valence-electron chi connectivity index (χ1n) is 5.61. The minimum atomic E-state index is 0.261. The van der Waals surface area contributed by atoms with Crippen LogP contribution in [0.15, 0.2) is 0 Å². The summed E-state index contributed by atoms with van der Waals surface area (Å²) in [7, 11) is 0. The molecule has 1 aromatic rings. The second kappa shape index (κ2) is 2.91. The molecule has 0 spiro atoms. The second-order valence-corrected chi connectivity index (χ2v) is 6.46. The fourth-order valence-electron chi connectivity index (χ4n) is 2.32. The van der Waals surface area contributed by atoms with Gasteiger partial charge in [0.25, 0.3) is 0 Å².